The van der Waals surface area contributed by atoms with E-state index in [-0.39, 0.29) is 0 Å². The van der Waals surface area contributed by atoms with Gasteiger partial charge in [-0.05, 0) is 37.9 Å². The van der Waals surface area contributed by atoms with Crippen LogP contribution in [0.1, 0.15) is 32.6 Å². The number of nitrogens with zero attached hydrogens (tertiary/aromatic N) is 2. The fourth-order valence-corrected chi connectivity index (χ4v) is 3.14. The summed E-state index contributed by atoms with van der Waals surface area (Å²) in [6, 6.07) is 0. The number of nitrogens with one attached hydrogen (secondary N) is 1. The van der Waals surface area contributed by atoms with Crippen molar-refractivity contribution in [1.29, 1.82) is 0 Å². The third kappa shape index (κ3) is 3.09. The standard InChI is InChI=1S/C13H25N3S/c1-3-14-12(15-8-10-17-2)16-9-7-13(11-16)5-4-6-13/h3-11H2,1-2H3,(H,14,15). The van der Waals surface area contributed by atoms with Gasteiger partial charge in [-0.1, -0.05) is 6.42 Å². The van der Waals surface area contributed by atoms with Crippen molar-refractivity contribution in [3.8, 4) is 0 Å². The maximum atomic E-state index is 4.72. The van der Waals surface area contributed by atoms with E-state index in [1.54, 1.807) is 0 Å². The van der Waals surface area contributed by atoms with Crippen molar-refractivity contribution >= 4 is 17.7 Å². The minimum Gasteiger partial charge on any atom is -0.357 e. The number of guanidine groups is 1. The quantitative estimate of drug-likeness (QED) is 0.474. The normalized spacial score (nSPS) is 22.9. The molecule has 2 fully saturated rings. The molecule has 0 bridgehead atoms. The third-order valence-electron chi connectivity index (χ3n) is 4.04. The van der Waals surface area contributed by atoms with Crippen LogP contribution in [0.2, 0.25) is 0 Å². The molecule has 0 atom stereocenters. The van der Waals surface area contributed by atoms with Gasteiger partial charge < -0.3 is 10.2 Å². The Morgan fingerprint density at radius 1 is 1.41 bits per heavy atom. The van der Waals surface area contributed by atoms with E-state index in [1.807, 2.05) is 11.8 Å². The van der Waals surface area contributed by atoms with Crippen LogP contribution in [-0.4, -0.2) is 49.0 Å². The van der Waals surface area contributed by atoms with Crippen LogP contribution in [0.5, 0.6) is 0 Å². The molecule has 1 aliphatic heterocycles. The fraction of sp³-hybridized carbons (Fsp3) is 0.923. The van der Waals surface area contributed by atoms with Crippen LogP contribution in [-0.2, 0) is 0 Å². The summed E-state index contributed by atoms with van der Waals surface area (Å²) in [7, 11) is 0. The zero-order valence-corrected chi connectivity index (χ0v) is 12.0. The Morgan fingerprint density at radius 3 is 2.76 bits per heavy atom. The van der Waals surface area contributed by atoms with Crippen LogP contribution >= 0.6 is 11.8 Å². The molecule has 1 spiro atoms. The lowest BCUT2D eigenvalue weighted by molar-refractivity contribution is 0.151. The Morgan fingerprint density at radius 2 is 2.24 bits per heavy atom. The number of hydrogen-bond acceptors (Lipinski definition) is 2. The average Bonchev–Trinajstić information content (AvgIpc) is 2.73. The lowest BCUT2D eigenvalue weighted by Gasteiger charge is -2.38. The SMILES string of the molecule is CCNC(=NCCSC)N1CCC2(CCC2)C1. The highest BCUT2D eigenvalue weighted by Gasteiger charge is 2.43. The summed E-state index contributed by atoms with van der Waals surface area (Å²) in [5.74, 6) is 2.26. The van der Waals surface area contributed by atoms with Gasteiger partial charge in [0.05, 0.1) is 6.54 Å². The maximum absolute atomic E-state index is 4.72. The lowest BCUT2D eigenvalue weighted by Crippen LogP contribution is -2.42. The Balaban J connectivity index is 1.89. The van der Waals surface area contributed by atoms with Crippen molar-refractivity contribution in [1.82, 2.24) is 10.2 Å². The molecule has 3 nitrogen and oxygen atoms in total. The Bertz CT molecular complexity index is 274. The molecule has 2 aliphatic rings. The summed E-state index contributed by atoms with van der Waals surface area (Å²) in [5.41, 5.74) is 0.662. The predicted molar refractivity (Wildman–Crippen MR) is 76.8 cm³/mol. The molecule has 0 unspecified atom stereocenters. The van der Waals surface area contributed by atoms with E-state index >= 15 is 0 Å². The Labute approximate surface area is 109 Å². The molecule has 0 aromatic rings. The van der Waals surface area contributed by atoms with Crippen LogP contribution < -0.4 is 5.32 Å². The minimum atomic E-state index is 0.662. The van der Waals surface area contributed by atoms with Gasteiger partial charge in [0.2, 0.25) is 0 Å². The summed E-state index contributed by atoms with van der Waals surface area (Å²) in [4.78, 5) is 7.19. The summed E-state index contributed by atoms with van der Waals surface area (Å²) in [6.45, 7) is 6.50. The highest BCUT2D eigenvalue weighted by Crippen LogP contribution is 2.47. The van der Waals surface area contributed by atoms with Crippen LogP contribution in [0.4, 0.5) is 0 Å². The number of likely N-dealkylation sites (tertiary alicyclic amines) is 1. The van der Waals surface area contributed by atoms with Gasteiger partial charge in [0.25, 0.3) is 0 Å². The molecular weight excluding hydrogens is 230 g/mol. The van der Waals surface area contributed by atoms with Gasteiger partial charge >= 0.3 is 0 Å². The van der Waals surface area contributed by atoms with E-state index in [2.05, 4.69) is 23.4 Å². The summed E-state index contributed by atoms with van der Waals surface area (Å²) < 4.78 is 0. The molecule has 0 aromatic carbocycles. The molecule has 17 heavy (non-hydrogen) atoms. The monoisotopic (exact) mass is 255 g/mol. The van der Waals surface area contributed by atoms with Crippen molar-refractivity contribution < 1.29 is 0 Å². The molecule has 0 amide bonds. The molecule has 0 radical (unpaired) electrons. The number of thioether (sulfide) groups is 1. The summed E-state index contributed by atoms with van der Waals surface area (Å²) >= 11 is 1.87. The van der Waals surface area contributed by atoms with Crippen molar-refractivity contribution in [2.24, 2.45) is 10.4 Å². The summed E-state index contributed by atoms with van der Waals surface area (Å²) in [6.07, 6.45) is 7.83. The van der Waals surface area contributed by atoms with Gasteiger partial charge in [-0.3, -0.25) is 4.99 Å². The molecule has 1 aliphatic carbocycles. The van der Waals surface area contributed by atoms with Crippen LogP contribution in [0.15, 0.2) is 4.99 Å². The van der Waals surface area contributed by atoms with Gasteiger partial charge in [-0.15, -0.1) is 0 Å². The van der Waals surface area contributed by atoms with Crippen molar-refractivity contribution in [3.05, 3.63) is 0 Å². The van der Waals surface area contributed by atoms with Crippen LogP contribution in [0.3, 0.4) is 0 Å². The number of aliphatic imine (C=N–C) groups is 1. The summed E-state index contributed by atoms with van der Waals surface area (Å²) in [5, 5.41) is 3.44. The number of rotatable bonds is 4. The minimum absolute atomic E-state index is 0.662. The fourth-order valence-electron chi connectivity index (χ4n) is 2.87. The lowest BCUT2D eigenvalue weighted by atomic mass is 9.68. The highest BCUT2D eigenvalue weighted by atomic mass is 32.2. The van der Waals surface area contributed by atoms with E-state index in [0.717, 1.165) is 24.8 Å². The van der Waals surface area contributed by atoms with Crippen molar-refractivity contribution in [2.75, 3.05) is 38.2 Å². The second-order valence-corrected chi connectivity index (χ2v) is 6.24. The molecule has 1 heterocycles. The average molecular weight is 255 g/mol. The smallest absolute Gasteiger partial charge is 0.193 e. The van der Waals surface area contributed by atoms with Crippen LogP contribution in [0, 0.1) is 5.41 Å². The van der Waals surface area contributed by atoms with E-state index in [0.29, 0.717) is 5.41 Å². The molecule has 0 aromatic heterocycles. The molecule has 1 saturated carbocycles. The van der Waals surface area contributed by atoms with E-state index in [1.165, 1.54) is 38.8 Å². The molecule has 4 heteroatoms. The van der Waals surface area contributed by atoms with Gasteiger partial charge in [-0.2, -0.15) is 11.8 Å². The zero-order chi connectivity index (χ0) is 12.1. The van der Waals surface area contributed by atoms with Gasteiger partial charge in [-0.25, -0.2) is 0 Å². The van der Waals surface area contributed by atoms with Crippen molar-refractivity contribution in [2.45, 2.75) is 32.6 Å². The molecule has 2 rings (SSSR count). The first kappa shape index (κ1) is 13.1. The first-order valence-corrected chi connectivity index (χ1v) is 8.21. The second-order valence-electron chi connectivity index (χ2n) is 5.25. The molecule has 1 saturated heterocycles. The molecule has 1 N–H and O–H groups in total. The van der Waals surface area contributed by atoms with E-state index in [4.69, 9.17) is 4.99 Å². The maximum Gasteiger partial charge on any atom is 0.193 e. The third-order valence-corrected chi connectivity index (χ3v) is 4.63. The zero-order valence-electron chi connectivity index (χ0n) is 11.2. The first-order chi connectivity index (χ1) is 8.29. The van der Waals surface area contributed by atoms with Gasteiger partial charge in [0.15, 0.2) is 5.96 Å². The second kappa shape index (κ2) is 5.98. The Hall–Kier alpha value is -0.380. The van der Waals surface area contributed by atoms with E-state index in [9.17, 15) is 0 Å². The van der Waals surface area contributed by atoms with Gasteiger partial charge in [0, 0.05) is 25.4 Å². The topological polar surface area (TPSA) is 27.6 Å². The molecule has 98 valence electrons. The van der Waals surface area contributed by atoms with Gasteiger partial charge in [0.1, 0.15) is 0 Å². The van der Waals surface area contributed by atoms with Crippen molar-refractivity contribution in [3.63, 3.8) is 0 Å². The molecular formula is C13H25N3S. The highest BCUT2D eigenvalue weighted by molar-refractivity contribution is 7.98. The number of hydrogen-bond donors (Lipinski definition) is 1. The first-order valence-electron chi connectivity index (χ1n) is 6.82. The Kier molecular flexibility index (Phi) is 4.60. The largest absolute Gasteiger partial charge is 0.357 e. The van der Waals surface area contributed by atoms with Crippen LogP contribution in [0.25, 0.3) is 0 Å². The predicted octanol–water partition coefficient (Wildman–Crippen LogP) is 2.19. The van der Waals surface area contributed by atoms with E-state index < -0.39 is 0 Å².